The van der Waals surface area contributed by atoms with Crippen LogP contribution in [0.3, 0.4) is 0 Å². The van der Waals surface area contributed by atoms with Crippen molar-refractivity contribution in [2.45, 2.75) is 19.3 Å². The van der Waals surface area contributed by atoms with E-state index in [1.807, 2.05) is 36.4 Å². The fourth-order valence-electron chi connectivity index (χ4n) is 3.89. The molecule has 0 saturated heterocycles. The van der Waals surface area contributed by atoms with E-state index in [-0.39, 0.29) is 12.4 Å². The van der Waals surface area contributed by atoms with E-state index < -0.39 is 17.8 Å². The number of carbonyl (C=O) groups excluding carboxylic acids is 2. The zero-order valence-corrected chi connectivity index (χ0v) is 17.6. The van der Waals surface area contributed by atoms with Crippen LogP contribution in [0.1, 0.15) is 30.4 Å². The fourth-order valence-corrected chi connectivity index (χ4v) is 3.89. The molecule has 0 heterocycles. The highest BCUT2D eigenvalue weighted by atomic mass is 16.5. The molecule has 0 radical (unpaired) electrons. The molecular weight excluding hydrogens is 384 g/mol. The van der Waals surface area contributed by atoms with E-state index in [0.717, 1.165) is 16.7 Å². The summed E-state index contributed by atoms with van der Waals surface area (Å²) < 4.78 is 21.4. The number of ether oxygens (including phenoxy) is 4. The third kappa shape index (κ3) is 4.17. The molecule has 6 heteroatoms. The number of allylic oxidation sites excluding steroid dienone is 2. The molecule has 0 aromatic heterocycles. The van der Waals surface area contributed by atoms with Gasteiger partial charge in [0, 0.05) is 5.92 Å². The number of ketones is 1. The summed E-state index contributed by atoms with van der Waals surface area (Å²) in [5.74, 6) is -0.287. The van der Waals surface area contributed by atoms with Crippen molar-refractivity contribution in [1.29, 1.82) is 0 Å². The van der Waals surface area contributed by atoms with Gasteiger partial charge in [0.2, 0.25) is 0 Å². The van der Waals surface area contributed by atoms with Crippen LogP contribution in [0.25, 0.3) is 5.57 Å². The Morgan fingerprint density at radius 2 is 1.67 bits per heavy atom. The molecule has 30 heavy (non-hydrogen) atoms. The van der Waals surface area contributed by atoms with Crippen molar-refractivity contribution in [3.63, 3.8) is 0 Å². The summed E-state index contributed by atoms with van der Waals surface area (Å²) in [6.45, 7) is 1.95. The zero-order chi connectivity index (χ0) is 21.7. The molecule has 2 atom stereocenters. The first kappa shape index (κ1) is 21.4. The number of methoxy groups -OCH3 is 3. The van der Waals surface area contributed by atoms with Gasteiger partial charge >= 0.3 is 5.97 Å². The maximum absolute atomic E-state index is 13.1. The smallest absolute Gasteiger partial charge is 0.317 e. The van der Waals surface area contributed by atoms with Crippen molar-refractivity contribution in [1.82, 2.24) is 0 Å². The quantitative estimate of drug-likeness (QED) is 0.507. The number of hydrogen-bond acceptors (Lipinski definition) is 6. The van der Waals surface area contributed by atoms with E-state index >= 15 is 0 Å². The monoisotopic (exact) mass is 410 g/mol. The lowest BCUT2D eigenvalue weighted by atomic mass is 9.73. The SMILES string of the molecule is CCOC(=O)[C@@H]1C(=O)C=C(c2ccc(OC)c(OC)c2)C[C@@H]1c1ccccc1OC. The minimum atomic E-state index is -0.912. The van der Waals surface area contributed by atoms with Gasteiger partial charge in [-0.3, -0.25) is 9.59 Å². The minimum Gasteiger partial charge on any atom is -0.496 e. The first-order valence-electron chi connectivity index (χ1n) is 9.80. The highest BCUT2D eigenvalue weighted by Gasteiger charge is 2.41. The van der Waals surface area contributed by atoms with Gasteiger partial charge in [-0.1, -0.05) is 24.3 Å². The number of rotatable bonds is 7. The van der Waals surface area contributed by atoms with Crippen LogP contribution in [0.5, 0.6) is 17.2 Å². The van der Waals surface area contributed by atoms with Crippen LogP contribution in [-0.2, 0) is 14.3 Å². The molecular formula is C24H26O6. The number of hydrogen-bond donors (Lipinski definition) is 0. The number of esters is 1. The summed E-state index contributed by atoms with van der Waals surface area (Å²) in [5, 5.41) is 0. The predicted octanol–water partition coefficient (Wildman–Crippen LogP) is 4.03. The van der Waals surface area contributed by atoms with Gasteiger partial charge in [-0.25, -0.2) is 0 Å². The zero-order valence-electron chi connectivity index (χ0n) is 17.6. The highest BCUT2D eigenvalue weighted by molar-refractivity contribution is 6.10. The van der Waals surface area contributed by atoms with Crippen LogP contribution >= 0.6 is 0 Å². The number of benzene rings is 2. The van der Waals surface area contributed by atoms with Gasteiger partial charge in [0.1, 0.15) is 11.7 Å². The predicted molar refractivity (Wildman–Crippen MR) is 113 cm³/mol. The van der Waals surface area contributed by atoms with Crippen LogP contribution in [0.2, 0.25) is 0 Å². The summed E-state index contributed by atoms with van der Waals surface area (Å²) in [6.07, 6.45) is 2.01. The summed E-state index contributed by atoms with van der Waals surface area (Å²) in [7, 11) is 4.72. The number of para-hydroxylation sites is 1. The molecule has 0 N–H and O–H groups in total. The van der Waals surface area contributed by atoms with Gasteiger partial charge in [0.25, 0.3) is 0 Å². The van der Waals surface area contributed by atoms with E-state index in [0.29, 0.717) is 23.7 Å². The molecule has 0 bridgehead atoms. The summed E-state index contributed by atoms with van der Waals surface area (Å²) in [4.78, 5) is 25.8. The van der Waals surface area contributed by atoms with E-state index in [2.05, 4.69) is 0 Å². The van der Waals surface area contributed by atoms with Gasteiger partial charge < -0.3 is 18.9 Å². The Kier molecular flexibility index (Phi) is 6.77. The highest BCUT2D eigenvalue weighted by Crippen LogP contribution is 2.44. The third-order valence-corrected chi connectivity index (χ3v) is 5.30. The Morgan fingerprint density at radius 1 is 0.967 bits per heavy atom. The van der Waals surface area contributed by atoms with Gasteiger partial charge in [-0.05, 0) is 54.3 Å². The lowest BCUT2D eigenvalue weighted by Gasteiger charge is -2.30. The lowest BCUT2D eigenvalue weighted by Crippen LogP contribution is -2.34. The molecule has 0 amide bonds. The Balaban J connectivity index is 2.07. The van der Waals surface area contributed by atoms with Crippen LogP contribution in [0.4, 0.5) is 0 Å². The number of carbonyl (C=O) groups is 2. The molecule has 6 nitrogen and oxygen atoms in total. The molecule has 0 spiro atoms. The minimum absolute atomic E-state index is 0.216. The first-order valence-corrected chi connectivity index (χ1v) is 9.80. The molecule has 0 saturated carbocycles. The van der Waals surface area contributed by atoms with Crippen LogP contribution in [0.15, 0.2) is 48.5 Å². The normalized spacial score (nSPS) is 18.4. The van der Waals surface area contributed by atoms with Gasteiger partial charge in [0.15, 0.2) is 17.3 Å². The largest absolute Gasteiger partial charge is 0.496 e. The van der Waals surface area contributed by atoms with Crippen molar-refractivity contribution in [3.05, 3.63) is 59.7 Å². The Labute approximate surface area is 176 Å². The van der Waals surface area contributed by atoms with E-state index in [4.69, 9.17) is 18.9 Å². The topological polar surface area (TPSA) is 71.1 Å². The molecule has 1 aliphatic rings. The van der Waals surface area contributed by atoms with E-state index in [1.54, 1.807) is 34.3 Å². The first-order chi connectivity index (χ1) is 14.5. The van der Waals surface area contributed by atoms with E-state index in [1.165, 1.54) is 6.08 Å². The van der Waals surface area contributed by atoms with E-state index in [9.17, 15) is 9.59 Å². The molecule has 1 aliphatic carbocycles. The maximum Gasteiger partial charge on any atom is 0.317 e. The van der Waals surface area contributed by atoms with Crippen LogP contribution in [-0.4, -0.2) is 39.7 Å². The third-order valence-electron chi connectivity index (χ3n) is 5.30. The van der Waals surface area contributed by atoms with Gasteiger partial charge in [0.05, 0.1) is 27.9 Å². The second kappa shape index (κ2) is 9.48. The van der Waals surface area contributed by atoms with Crippen molar-refractivity contribution in [2.24, 2.45) is 5.92 Å². The van der Waals surface area contributed by atoms with Gasteiger partial charge in [-0.2, -0.15) is 0 Å². The average molecular weight is 410 g/mol. The Hall–Kier alpha value is -3.28. The Bertz CT molecular complexity index is 962. The summed E-state index contributed by atoms with van der Waals surface area (Å²) in [6, 6.07) is 13.0. The fraction of sp³-hybridized carbons (Fsp3) is 0.333. The lowest BCUT2D eigenvalue weighted by molar-refractivity contribution is -0.151. The van der Waals surface area contributed by atoms with Crippen molar-refractivity contribution in [2.75, 3.05) is 27.9 Å². The van der Waals surface area contributed by atoms with Crippen LogP contribution < -0.4 is 14.2 Å². The molecule has 0 aliphatic heterocycles. The van der Waals surface area contributed by atoms with Crippen molar-refractivity contribution in [3.8, 4) is 17.2 Å². The van der Waals surface area contributed by atoms with Crippen molar-refractivity contribution >= 4 is 17.3 Å². The second-order valence-corrected chi connectivity index (χ2v) is 6.92. The standard InChI is InChI=1S/C24H26O6/c1-5-30-24(26)23-18(17-8-6-7-9-20(17)27-2)12-16(13-19(23)25)15-10-11-21(28-3)22(14-15)29-4/h6-11,13-14,18,23H,5,12H2,1-4H3/t18-,23+/m1/s1. The molecule has 0 fully saturated rings. The maximum atomic E-state index is 13.1. The molecule has 2 aromatic carbocycles. The molecule has 2 aromatic rings. The second-order valence-electron chi connectivity index (χ2n) is 6.92. The molecule has 158 valence electrons. The summed E-state index contributed by atoms with van der Waals surface area (Å²) >= 11 is 0. The average Bonchev–Trinajstić information content (AvgIpc) is 2.78. The molecule has 0 unspecified atom stereocenters. The van der Waals surface area contributed by atoms with Gasteiger partial charge in [-0.15, -0.1) is 0 Å². The van der Waals surface area contributed by atoms with Crippen LogP contribution in [0, 0.1) is 5.92 Å². The van der Waals surface area contributed by atoms with Crippen molar-refractivity contribution < 1.29 is 28.5 Å². The summed E-state index contributed by atoms with van der Waals surface area (Å²) in [5.41, 5.74) is 2.46. The molecule has 3 rings (SSSR count). The Morgan fingerprint density at radius 3 is 2.33 bits per heavy atom.